The maximum absolute atomic E-state index is 11.1. The van der Waals surface area contributed by atoms with Crippen molar-refractivity contribution in [2.75, 3.05) is 0 Å². The van der Waals surface area contributed by atoms with E-state index in [1.54, 1.807) is 0 Å². The maximum Gasteiger partial charge on any atom is 0.303 e. The van der Waals surface area contributed by atoms with Gasteiger partial charge in [0, 0.05) is 6.42 Å². The monoisotopic (exact) mass is 420 g/mol. The molecule has 2 aliphatic carbocycles. The molecule has 30 heavy (non-hydrogen) atoms. The summed E-state index contributed by atoms with van der Waals surface area (Å²) in [4.78, 5) is 11.1. The Morgan fingerprint density at radius 3 is 2.13 bits per heavy atom. The van der Waals surface area contributed by atoms with Crippen LogP contribution in [0.3, 0.4) is 0 Å². The minimum atomic E-state index is -0.636. The summed E-state index contributed by atoms with van der Waals surface area (Å²) in [5.41, 5.74) is 0.890. The third kappa shape index (κ3) is 5.83. The van der Waals surface area contributed by atoms with Gasteiger partial charge >= 0.3 is 5.97 Å². The number of carboxylic acid groups (broad SMARTS) is 1. The molecule has 2 saturated carbocycles. The molecule has 5 unspecified atom stereocenters. The summed E-state index contributed by atoms with van der Waals surface area (Å²) in [5, 5.41) is 9.17. The first-order chi connectivity index (χ1) is 14.1. The molecule has 0 bridgehead atoms. The minimum Gasteiger partial charge on any atom is -0.481 e. The SMILES string of the molecule is CCCC1(C)C(C(C)C[C@H](CC)C2CCCCC2(C)C)CCC1[C@H](C)CCC(=O)O. The Bertz CT molecular complexity index is 539. The van der Waals surface area contributed by atoms with E-state index >= 15 is 0 Å². The van der Waals surface area contributed by atoms with E-state index < -0.39 is 5.97 Å². The van der Waals surface area contributed by atoms with Crippen molar-refractivity contribution in [1.29, 1.82) is 0 Å². The fourth-order valence-electron chi connectivity index (χ4n) is 8.28. The third-order valence-electron chi connectivity index (χ3n) is 9.82. The third-order valence-corrected chi connectivity index (χ3v) is 9.82. The summed E-state index contributed by atoms with van der Waals surface area (Å²) in [5.74, 6) is 3.91. The van der Waals surface area contributed by atoms with Gasteiger partial charge in [-0.15, -0.1) is 0 Å². The summed E-state index contributed by atoms with van der Waals surface area (Å²) in [6, 6.07) is 0. The van der Waals surface area contributed by atoms with Gasteiger partial charge in [0.1, 0.15) is 0 Å². The van der Waals surface area contributed by atoms with Gasteiger partial charge in [-0.05, 0) is 91.3 Å². The molecule has 0 spiro atoms. The summed E-state index contributed by atoms with van der Waals surface area (Å²) in [6.07, 6.45) is 14.8. The van der Waals surface area contributed by atoms with Crippen LogP contribution in [-0.4, -0.2) is 11.1 Å². The van der Waals surface area contributed by atoms with Crippen LogP contribution in [-0.2, 0) is 4.79 Å². The predicted molar refractivity (Wildman–Crippen MR) is 129 cm³/mol. The van der Waals surface area contributed by atoms with Crippen molar-refractivity contribution in [2.24, 2.45) is 46.3 Å². The molecule has 0 aliphatic heterocycles. The Kier molecular flexibility index (Phi) is 9.32. The van der Waals surface area contributed by atoms with Crippen LogP contribution in [0.5, 0.6) is 0 Å². The molecule has 2 aliphatic rings. The van der Waals surface area contributed by atoms with Crippen LogP contribution in [0.2, 0.25) is 0 Å². The molecule has 0 heterocycles. The molecule has 2 heteroatoms. The van der Waals surface area contributed by atoms with E-state index in [1.807, 2.05) is 0 Å². The number of aliphatic carboxylic acids is 1. The smallest absolute Gasteiger partial charge is 0.303 e. The molecule has 0 aromatic rings. The number of hydrogen-bond donors (Lipinski definition) is 1. The minimum absolute atomic E-state index is 0.328. The van der Waals surface area contributed by atoms with E-state index in [2.05, 4.69) is 48.5 Å². The Hall–Kier alpha value is -0.530. The lowest BCUT2D eigenvalue weighted by molar-refractivity contribution is -0.137. The lowest BCUT2D eigenvalue weighted by Gasteiger charge is -2.46. The second-order valence-corrected chi connectivity index (χ2v) is 12.2. The van der Waals surface area contributed by atoms with Crippen LogP contribution in [0.15, 0.2) is 0 Å². The quantitative estimate of drug-likeness (QED) is 0.363. The van der Waals surface area contributed by atoms with E-state index in [1.165, 1.54) is 64.2 Å². The van der Waals surface area contributed by atoms with Gasteiger partial charge in [0.15, 0.2) is 0 Å². The van der Waals surface area contributed by atoms with E-state index in [9.17, 15) is 9.90 Å². The van der Waals surface area contributed by atoms with Gasteiger partial charge in [0.05, 0.1) is 0 Å². The number of carboxylic acids is 1. The van der Waals surface area contributed by atoms with Crippen LogP contribution in [0.1, 0.15) is 126 Å². The van der Waals surface area contributed by atoms with Crippen molar-refractivity contribution >= 4 is 5.97 Å². The first kappa shape index (κ1) is 25.7. The molecule has 0 aromatic heterocycles. The molecule has 176 valence electrons. The average Bonchev–Trinajstić information content (AvgIpc) is 3.01. The first-order valence-corrected chi connectivity index (χ1v) is 13.3. The Labute approximate surface area is 188 Å². The predicted octanol–water partition coefficient (Wildman–Crippen LogP) is 8.59. The van der Waals surface area contributed by atoms with Crippen molar-refractivity contribution in [1.82, 2.24) is 0 Å². The van der Waals surface area contributed by atoms with Crippen molar-refractivity contribution in [3.8, 4) is 0 Å². The van der Waals surface area contributed by atoms with Gasteiger partial charge in [-0.2, -0.15) is 0 Å². The van der Waals surface area contributed by atoms with E-state index in [-0.39, 0.29) is 0 Å². The van der Waals surface area contributed by atoms with E-state index in [0.29, 0.717) is 29.1 Å². The van der Waals surface area contributed by atoms with Gasteiger partial charge in [-0.25, -0.2) is 0 Å². The Morgan fingerprint density at radius 2 is 1.60 bits per heavy atom. The molecule has 0 amide bonds. The number of carbonyl (C=O) groups is 1. The first-order valence-electron chi connectivity index (χ1n) is 13.3. The summed E-state index contributed by atoms with van der Waals surface area (Å²) >= 11 is 0. The van der Waals surface area contributed by atoms with Crippen LogP contribution in [0.4, 0.5) is 0 Å². The number of rotatable bonds is 11. The van der Waals surface area contributed by atoms with E-state index in [4.69, 9.17) is 0 Å². The standard InChI is InChI=1S/C28H52O2/c1-8-17-28(7)23(20(3)13-16-26(29)30)14-15-24(28)21(4)19-22(9-2)25-12-10-11-18-27(25,5)6/h20-25H,8-19H2,1-7H3,(H,29,30)/t20-,21?,22+,23?,24?,25?,28?/m1/s1. The van der Waals surface area contributed by atoms with Crippen LogP contribution >= 0.6 is 0 Å². The van der Waals surface area contributed by atoms with Gasteiger partial charge in [-0.1, -0.05) is 74.1 Å². The largest absolute Gasteiger partial charge is 0.481 e. The second-order valence-electron chi connectivity index (χ2n) is 12.2. The van der Waals surface area contributed by atoms with Gasteiger partial charge in [-0.3, -0.25) is 4.79 Å². The van der Waals surface area contributed by atoms with Crippen LogP contribution in [0.25, 0.3) is 0 Å². The lowest BCUT2D eigenvalue weighted by atomic mass is 9.59. The highest BCUT2D eigenvalue weighted by Crippen LogP contribution is 2.58. The summed E-state index contributed by atoms with van der Waals surface area (Å²) in [7, 11) is 0. The molecule has 1 N–H and O–H groups in total. The zero-order chi connectivity index (χ0) is 22.5. The number of hydrogen-bond acceptors (Lipinski definition) is 1. The van der Waals surface area contributed by atoms with Gasteiger partial charge in [0.25, 0.3) is 0 Å². The highest BCUT2D eigenvalue weighted by molar-refractivity contribution is 5.66. The Morgan fingerprint density at radius 1 is 0.967 bits per heavy atom. The molecule has 0 saturated heterocycles. The lowest BCUT2D eigenvalue weighted by Crippen LogP contribution is -2.38. The van der Waals surface area contributed by atoms with Crippen molar-refractivity contribution in [3.63, 3.8) is 0 Å². The van der Waals surface area contributed by atoms with Crippen molar-refractivity contribution in [2.45, 2.75) is 126 Å². The average molecular weight is 421 g/mol. The highest BCUT2D eigenvalue weighted by Gasteiger charge is 2.50. The molecule has 2 nitrogen and oxygen atoms in total. The van der Waals surface area contributed by atoms with Crippen LogP contribution in [0, 0.1) is 46.3 Å². The highest BCUT2D eigenvalue weighted by atomic mass is 16.4. The summed E-state index contributed by atoms with van der Waals surface area (Å²) < 4.78 is 0. The molecule has 2 fully saturated rings. The summed E-state index contributed by atoms with van der Waals surface area (Å²) in [6.45, 7) is 17.3. The topological polar surface area (TPSA) is 37.3 Å². The maximum atomic E-state index is 11.1. The molecular weight excluding hydrogens is 368 g/mol. The van der Waals surface area contributed by atoms with Crippen molar-refractivity contribution < 1.29 is 9.90 Å². The van der Waals surface area contributed by atoms with Crippen LogP contribution < -0.4 is 0 Å². The zero-order valence-electron chi connectivity index (χ0n) is 21.3. The normalized spacial score (nSPS) is 34.4. The van der Waals surface area contributed by atoms with Gasteiger partial charge in [0.2, 0.25) is 0 Å². The van der Waals surface area contributed by atoms with E-state index in [0.717, 1.165) is 30.1 Å². The second kappa shape index (κ2) is 10.9. The zero-order valence-corrected chi connectivity index (χ0v) is 21.3. The van der Waals surface area contributed by atoms with Crippen molar-refractivity contribution in [3.05, 3.63) is 0 Å². The molecule has 0 radical (unpaired) electrons. The molecule has 0 aromatic carbocycles. The molecular formula is C28H52O2. The fraction of sp³-hybridized carbons (Fsp3) is 0.964. The molecule has 7 atom stereocenters. The van der Waals surface area contributed by atoms with Gasteiger partial charge < -0.3 is 5.11 Å². The Balaban J connectivity index is 2.12. The fourth-order valence-corrected chi connectivity index (χ4v) is 8.28. The molecule has 2 rings (SSSR count).